The molecule has 0 bridgehead atoms. The van der Waals surface area contributed by atoms with Gasteiger partial charge in [-0.05, 0) is 147 Å². The predicted molar refractivity (Wildman–Crippen MR) is 238 cm³/mol. The van der Waals surface area contributed by atoms with Crippen molar-refractivity contribution in [1.82, 2.24) is 0 Å². The highest BCUT2D eigenvalue weighted by Crippen LogP contribution is 2.49. The summed E-state index contributed by atoms with van der Waals surface area (Å²) in [7, 11) is 0. The quantitative estimate of drug-likeness (QED) is 0.170. The number of nitriles is 1. The van der Waals surface area contributed by atoms with E-state index in [1.807, 2.05) is 24.3 Å². The van der Waals surface area contributed by atoms with Crippen molar-refractivity contribution in [3.63, 3.8) is 0 Å². The lowest BCUT2D eigenvalue weighted by Crippen LogP contribution is -1.98. The first-order chi connectivity index (χ1) is 28.2. The Morgan fingerprint density at radius 1 is 0.316 bits per heavy atom. The molecule has 0 atom stereocenters. The van der Waals surface area contributed by atoms with Crippen LogP contribution in [-0.4, -0.2) is 0 Å². The molecule has 0 unspecified atom stereocenters. The van der Waals surface area contributed by atoms with Crippen LogP contribution >= 0.6 is 0 Å². The summed E-state index contributed by atoms with van der Waals surface area (Å²) < 4.78 is 6.38. The van der Waals surface area contributed by atoms with Crippen molar-refractivity contribution in [2.45, 2.75) is 0 Å². The van der Waals surface area contributed by atoms with Gasteiger partial charge in [-0.2, -0.15) is 5.26 Å². The van der Waals surface area contributed by atoms with Crippen LogP contribution in [0, 0.1) is 11.3 Å². The standard InChI is InChI=1S/C55H31NO/c56-32-33-19-24-46-48-26-25-40(47-17-8-18-53(55(47)48)57-54(46)27-33)37-22-20-36-29-38(23-21-35(36)28-37)49-30-51-45-15-6-5-14-44(45)50(31-52(51)43-13-4-3-12-42(43)49)41-16-7-10-34-9-1-2-11-39(34)41/h1-31H. The summed E-state index contributed by atoms with van der Waals surface area (Å²) in [6.07, 6.45) is 0. The van der Waals surface area contributed by atoms with E-state index in [1.165, 1.54) is 76.1 Å². The summed E-state index contributed by atoms with van der Waals surface area (Å²) in [6, 6.07) is 70.2. The minimum absolute atomic E-state index is 0.592. The van der Waals surface area contributed by atoms with Crippen molar-refractivity contribution in [3.8, 4) is 62.1 Å². The van der Waals surface area contributed by atoms with Gasteiger partial charge in [0.15, 0.2) is 0 Å². The van der Waals surface area contributed by atoms with E-state index in [2.05, 4.69) is 170 Å². The van der Waals surface area contributed by atoms with Gasteiger partial charge in [-0.3, -0.25) is 0 Å². The average molecular weight is 722 g/mol. The van der Waals surface area contributed by atoms with E-state index < -0.39 is 0 Å². The first-order valence-electron chi connectivity index (χ1n) is 19.4. The van der Waals surface area contributed by atoms with Gasteiger partial charge in [0.1, 0.15) is 11.5 Å². The molecular weight excluding hydrogens is 691 g/mol. The Labute approximate surface area is 329 Å². The van der Waals surface area contributed by atoms with Crippen molar-refractivity contribution in [1.29, 1.82) is 5.26 Å². The largest absolute Gasteiger partial charge is 0.456 e. The molecule has 0 N–H and O–H groups in total. The van der Waals surface area contributed by atoms with Gasteiger partial charge in [-0.25, -0.2) is 0 Å². The molecule has 2 nitrogen and oxygen atoms in total. The summed E-state index contributed by atoms with van der Waals surface area (Å²) in [6.45, 7) is 0. The molecule has 1 heterocycles. The van der Waals surface area contributed by atoms with Crippen LogP contribution in [0.4, 0.5) is 0 Å². The van der Waals surface area contributed by atoms with E-state index in [1.54, 1.807) is 0 Å². The molecule has 1 aliphatic heterocycles. The van der Waals surface area contributed by atoms with E-state index in [0.29, 0.717) is 5.56 Å². The van der Waals surface area contributed by atoms with Crippen LogP contribution in [0.3, 0.4) is 0 Å². The summed E-state index contributed by atoms with van der Waals surface area (Å²) >= 11 is 0. The molecule has 1 aliphatic rings. The second-order valence-corrected chi connectivity index (χ2v) is 15.1. The predicted octanol–water partition coefficient (Wildman–Crippen LogP) is 15.3. The van der Waals surface area contributed by atoms with Crippen LogP contribution in [0.2, 0.25) is 0 Å². The highest BCUT2D eigenvalue weighted by molar-refractivity contribution is 6.25. The number of benzene rings is 11. The first-order valence-corrected chi connectivity index (χ1v) is 19.4. The molecule has 11 aromatic rings. The first kappa shape index (κ1) is 31.6. The number of ether oxygens (including phenoxy) is 1. The molecule has 262 valence electrons. The van der Waals surface area contributed by atoms with Gasteiger partial charge in [0.05, 0.1) is 11.6 Å². The number of hydrogen-bond acceptors (Lipinski definition) is 2. The Morgan fingerprint density at radius 3 is 1.65 bits per heavy atom. The minimum atomic E-state index is 0.592. The van der Waals surface area contributed by atoms with Crippen molar-refractivity contribution in [3.05, 3.63) is 194 Å². The molecule has 57 heavy (non-hydrogen) atoms. The van der Waals surface area contributed by atoms with E-state index >= 15 is 0 Å². The molecular formula is C55H31NO. The van der Waals surface area contributed by atoms with Gasteiger partial charge < -0.3 is 4.74 Å². The lowest BCUT2D eigenvalue weighted by atomic mass is 9.86. The topological polar surface area (TPSA) is 33.0 Å². The van der Waals surface area contributed by atoms with E-state index in [4.69, 9.17) is 4.74 Å². The van der Waals surface area contributed by atoms with Crippen molar-refractivity contribution < 1.29 is 4.74 Å². The van der Waals surface area contributed by atoms with Crippen molar-refractivity contribution >= 4 is 64.6 Å². The Hall–Kier alpha value is -7.73. The highest BCUT2D eigenvalue weighted by Gasteiger charge is 2.22. The van der Waals surface area contributed by atoms with Gasteiger partial charge >= 0.3 is 0 Å². The van der Waals surface area contributed by atoms with E-state index in [9.17, 15) is 5.26 Å². The minimum Gasteiger partial charge on any atom is -0.456 e. The molecule has 0 spiro atoms. The third-order valence-electron chi connectivity index (χ3n) is 12.0. The Kier molecular flexibility index (Phi) is 6.73. The number of fused-ring (bicyclic) bond motifs is 9. The van der Waals surface area contributed by atoms with Gasteiger partial charge in [0, 0.05) is 10.9 Å². The monoisotopic (exact) mass is 721 g/mol. The highest BCUT2D eigenvalue weighted by atomic mass is 16.5. The second-order valence-electron chi connectivity index (χ2n) is 15.1. The smallest absolute Gasteiger partial charge is 0.136 e. The normalized spacial score (nSPS) is 12.0. The number of nitrogens with zero attached hydrogens (tertiary/aromatic N) is 1. The molecule has 0 amide bonds. The molecule has 2 heteroatoms. The maximum atomic E-state index is 9.47. The van der Waals surface area contributed by atoms with Crippen LogP contribution < -0.4 is 4.74 Å². The summed E-state index contributed by atoms with van der Waals surface area (Å²) in [5, 5.41) is 24.2. The van der Waals surface area contributed by atoms with Crippen molar-refractivity contribution in [2.24, 2.45) is 0 Å². The summed E-state index contributed by atoms with van der Waals surface area (Å²) in [5.41, 5.74) is 10.0. The molecule has 0 fully saturated rings. The molecule has 0 aromatic heterocycles. The Morgan fingerprint density at radius 2 is 0.895 bits per heavy atom. The molecule has 0 saturated carbocycles. The van der Waals surface area contributed by atoms with Gasteiger partial charge in [-0.15, -0.1) is 0 Å². The zero-order chi connectivity index (χ0) is 37.6. The Balaban J connectivity index is 1.00. The van der Waals surface area contributed by atoms with Crippen LogP contribution in [0.15, 0.2) is 188 Å². The maximum absolute atomic E-state index is 9.47. The molecule has 12 rings (SSSR count). The van der Waals surface area contributed by atoms with Gasteiger partial charge in [-0.1, -0.05) is 140 Å². The van der Waals surface area contributed by atoms with E-state index in [-0.39, 0.29) is 0 Å². The second kappa shape index (κ2) is 12.1. The zero-order valence-corrected chi connectivity index (χ0v) is 30.8. The molecule has 0 radical (unpaired) electrons. The average Bonchev–Trinajstić information content (AvgIpc) is 3.28. The van der Waals surface area contributed by atoms with Gasteiger partial charge in [0.2, 0.25) is 0 Å². The number of rotatable bonds is 3. The summed E-state index contributed by atoms with van der Waals surface area (Å²) in [4.78, 5) is 0. The summed E-state index contributed by atoms with van der Waals surface area (Å²) in [5.74, 6) is 1.54. The number of hydrogen-bond donors (Lipinski definition) is 0. The van der Waals surface area contributed by atoms with Crippen LogP contribution in [0.1, 0.15) is 5.56 Å². The fourth-order valence-electron chi connectivity index (χ4n) is 9.41. The Bertz CT molecular complexity index is 3560. The van der Waals surface area contributed by atoms with Crippen LogP contribution in [-0.2, 0) is 0 Å². The third-order valence-corrected chi connectivity index (χ3v) is 12.0. The molecule has 0 saturated heterocycles. The van der Waals surface area contributed by atoms with Crippen molar-refractivity contribution in [2.75, 3.05) is 0 Å². The molecule has 11 aromatic carbocycles. The maximum Gasteiger partial charge on any atom is 0.136 e. The fraction of sp³-hybridized carbons (Fsp3) is 0. The fourth-order valence-corrected chi connectivity index (χ4v) is 9.41. The van der Waals surface area contributed by atoms with Gasteiger partial charge in [0.25, 0.3) is 0 Å². The van der Waals surface area contributed by atoms with E-state index in [0.717, 1.165) is 44.5 Å². The van der Waals surface area contributed by atoms with Crippen LogP contribution in [0.5, 0.6) is 11.5 Å². The third kappa shape index (κ3) is 4.76. The lowest BCUT2D eigenvalue weighted by Gasteiger charge is -2.22. The molecule has 0 aliphatic carbocycles. The zero-order valence-electron chi connectivity index (χ0n) is 30.8. The SMILES string of the molecule is N#Cc1ccc2c(c1)Oc1cccc3c(-c4ccc5cc(-c6cc7c8ccccc8c(-c8cccc9ccccc89)cc7c7ccccc67)ccc5c4)ccc-2c13. The van der Waals surface area contributed by atoms with Crippen LogP contribution in [0.25, 0.3) is 109 Å². The lowest BCUT2D eigenvalue weighted by molar-refractivity contribution is 0.487.